The first kappa shape index (κ1) is 21.0. The third-order valence-corrected chi connectivity index (χ3v) is 4.20. The molecule has 0 fully saturated rings. The second-order valence-electron chi connectivity index (χ2n) is 5.72. The summed E-state index contributed by atoms with van der Waals surface area (Å²) in [5, 5.41) is 14.5. The van der Waals surface area contributed by atoms with Crippen molar-refractivity contribution in [1.29, 1.82) is 0 Å². The van der Waals surface area contributed by atoms with Crippen LogP contribution in [0, 0.1) is 0 Å². The third kappa shape index (κ3) is 7.57. The Balaban J connectivity index is 2.78. The average molecular weight is 367 g/mol. The molecule has 0 spiro atoms. The van der Waals surface area contributed by atoms with Crippen LogP contribution >= 0.6 is 11.8 Å². The lowest BCUT2D eigenvalue weighted by Gasteiger charge is -2.22. The number of hydrogen-bond donors (Lipinski definition) is 4. The molecule has 2 amide bonds. The Morgan fingerprint density at radius 2 is 1.72 bits per heavy atom. The zero-order chi connectivity index (χ0) is 18.8. The molecule has 0 saturated carbocycles. The molecule has 0 aromatic heterocycles. The van der Waals surface area contributed by atoms with E-state index in [9.17, 15) is 19.5 Å². The fourth-order valence-electron chi connectivity index (χ4n) is 2.13. The number of amides is 2. The van der Waals surface area contributed by atoms with E-state index in [0.29, 0.717) is 12.2 Å². The van der Waals surface area contributed by atoms with Gasteiger partial charge in [-0.05, 0) is 30.9 Å². The lowest BCUT2D eigenvalue weighted by atomic mass is 10.1. The number of benzene rings is 1. The first-order chi connectivity index (χ1) is 11.8. The summed E-state index contributed by atoms with van der Waals surface area (Å²) < 4.78 is 0. The fraction of sp³-hybridized carbons (Fsp3) is 0.471. The summed E-state index contributed by atoms with van der Waals surface area (Å²) in [7, 11) is 0. The molecule has 0 bridgehead atoms. The van der Waals surface area contributed by atoms with E-state index in [1.165, 1.54) is 18.7 Å². The quantitative estimate of drug-likeness (QED) is 0.474. The first-order valence-electron chi connectivity index (χ1n) is 7.97. The van der Waals surface area contributed by atoms with E-state index in [1.807, 2.05) is 12.3 Å². The third-order valence-electron chi connectivity index (χ3n) is 3.55. The van der Waals surface area contributed by atoms with Crippen LogP contribution in [0.4, 0.5) is 0 Å². The molecular weight excluding hydrogens is 342 g/mol. The summed E-state index contributed by atoms with van der Waals surface area (Å²) in [5.74, 6) is -1.45. The Hall–Kier alpha value is -2.06. The number of nitrogens with two attached hydrogens (primary N) is 1. The van der Waals surface area contributed by atoms with Gasteiger partial charge in [-0.25, -0.2) is 4.79 Å². The Kier molecular flexibility index (Phi) is 9.01. The molecule has 1 aromatic carbocycles. The van der Waals surface area contributed by atoms with E-state index >= 15 is 0 Å². The molecule has 25 heavy (non-hydrogen) atoms. The average Bonchev–Trinajstić information content (AvgIpc) is 2.58. The van der Waals surface area contributed by atoms with E-state index in [2.05, 4.69) is 10.6 Å². The van der Waals surface area contributed by atoms with Crippen molar-refractivity contribution < 1.29 is 19.5 Å². The van der Waals surface area contributed by atoms with Crippen molar-refractivity contribution in [2.24, 2.45) is 5.73 Å². The van der Waals surface area contributed by atoms with Crippen LogP contribution in [0.25, 0.3) is 0 Å². The first-order valence-corrected chi connectivity index (χ1v) is 9.36. The summed E-state index contributed by atoms with van der Waals surface area (Å²) in [4.78, 5) is 35.7. The fourth-order valence-corrected chi connectivity index (χ4v) is 2.60. The highest BCUT2D eigenvalue weighted by atomic mass is 32.2. The monoisotopic (exact) mass is 367 g/mol. The van der Waals surface area contributed by atoms with Gasteiger partial charge in [0, 0.05) is 6.42 Å². The van der Waals surface area contributed by atoms with Gasteiger partial charge in [0.2, 0.25) is 11.8 Å². The molecular formula is C17H25N3O4S. The zero-order valence-electron chi connectivity index (χ0n) is 14.4. The Labute approximate surface area is 151 Å². The number of hydrogen-bond acceptors (Lipinski definition) is 5. The van der Waals surface area contributed by atoms with Gasteiger partial charge in [0.1, 0.15) is 12.1 Å². The van der Waals surface area contributed by atoms with E-state index < -0.39 is 35.9 Å². The predicted molar refractivity (Wildman–Crippen MR) is 98.3 cm³/mol. The summed E-state index contributed by atoms with van der Waals surface area (Å²) in [6.45, 7) is 1.52. The maximum atomic E-state index is 12.5. The lowest BCUT2D eigenvalue weighted by molar-refractivity contribution is -0.142. The second-order valence-corrected chi connectivity index (χ2v) is 6.71. The zero-order valence-corrected chi connectivity index (χ0v) is 15.2. The highest BCUT2D eigenvalue weighted by Crippen LogP contribution is 2.06. The number of carbonyl (C=O) groups is 3. The molecule has 0 aliphatic rings. The molecule has 0 saturated heterocycles. The molecule has 8 heteroatoms. The van der Waals surface area contributed by atoms with Crippen LogP contribution in [0.2, 0.25) is 0 Å². The molecule has 3 atom stereocenters. The number of thioether (sulfide) groups is 1. The number of nitrogens with one attached hydrogen (secondary N) is 2. The molecule has 7 nitrogen and oxygen atoms in total. The van der Waals surface area contributed by atoms with Crippen LogP contribution in [-0.2, 0) is 20.8 Å². The summed E-state index contributed by atoms with van der Waals surface area (Å²) in [6.07, 6.45) is 2.44. The number of carboxylic acid groups (broad SMARTS) is 1. The number of carboxylic acids is 1. The predicted octanol–water partition coefficient (Wildman–Crippen LogP) is 0.384. The molecule has 0 radical (unpaired) electrons. The van der Waals surface area contributed by atoms with Crippen molar-refractivity contribution in [2.45, 2.75) is 37.9 Å². The van der Waals surface area contributed by atoms with Crippen LogP contribution in [0.15, 0.2) is 30.3 Å². The normalized spacial score (nSPS) is 14.2. The van der Waals surface area contributed by atoms with Crippen LogP contribution in [0.1, 0.15) is 18.9 Å². The van der Waals surface area contributed by atoms with Crippen molar-refractivity contribution in [3.05, 3.63) is 35.9 Å². The van der Waals surface area contributed by atoms with E-state index in [-0.39, 0.29) is 6.42 Å². The number of rotatable bonds is 10. The minimum absolute atomic E-state index is 0.165. The van der Waals surface area contributed by atoms with Crippen LogP contribution < -0.4 is 16.4 Å². The van der Waals surface area contributed by atoms with E-state index in [1.54, 1.807) is 24.3 Å². The van der Waals surface area contributed by atoms with Gasteiger partial charge < -0.3 is 21.5 Å². The molecule has 3 unspecified atom stereocenters. The minimum Gasteiger partial charge on any atom is -0.480 e. The van der Waals surface area contributed by atoms with Crippen molar-refractivity contribution in [2.75, 3.05) is 12.0 Å². The Morgan fingerprint density at radius 3 is 2.24 bits per heavy atom. The van der Waals surface area contributed by atoms with Gasteiger partial charge in [0.15, 0.2) is 0 Å². The smallest absolute Gasteiger partial charge is 0.326 e. The van der Waals surface area contributed by atoms with Crippen LogP contribution in [0.3, 0.4) is 0 Å². The largest absolute Gasteiger partial charge is 0.480 e. The molecule has 0 heterocycles. The molecule has 0 aliphatic heterocycles. The van der Waals surface area contributed by atoms with E-state index in [0.717, 1.165) is 5.56 Å². The molecule has 0 aliphatic carbocycles. The van der Waals surface area contributed by atoms with Gasteiger partial charge in [-0.2, -0.15) is 11.8 Å². The molecule has 1 aromatic rings. The van der Waals surface area contributed by atoms with Crippen molar-refractivity contribution in [3.8, 4) is 0 Å². The Bertz CT molecular complexity index is 581. The van der Waals surface area contributed by atoms with Crippen molar-refractivity contribution in [3.63, 3.8) is 0 Å². The highest BCUT2D eigenvalue weighted by Gasteiger charge is 2.27. The molecule has 5 N–H and O–H groups in total. The van der Waals surface area contributed by atoms with Gasteiger partial charge >= 0.3 is 5.97 Å². The van der Waals surface area contributed by atoms with Gasteiger partial charge in [-0.15, -0.1) is 0 Å². The number of aliphatic carboxylic acids is 1. The summed E-state index contributed by atoms with van der Waals surface area (Å²) in [5.41, 5.74) is 6.32. The minimum atomic E-state index is -1.13. The maximum Gasteiger partial charge on any atom is 0.326 e. The van der Waals surface area contributed by atoms with Gasteiger partial charge in [-0.3, -0.25) is 9.59 Å². The summed E-state index contributed by atoms with van der Waals surface area (Å²) in [6, 6.07) is 6.41. The second kappa shape index (κ2) is 10.7. The van der Waals surface area contributed by atoms with Crippen LogP contribution in [0.5, 0.6) is 0 Å². The Morgan fingerprint density at radius 1 is 1.12 bits per heavy atom. The van der Waals surface area contributed by atoms with Crippen molar-refractivity contribution >= 4 is 29.5 Å². The number of carbonyl (C=O) groups excluding carboxylic acids is 2. The maximum absolute atomic E-state index is 12.5. The van der Waals surface area contributed by atoms with Gasteiger partial charge in [0.25, 0.3) is 0 Å². The SMILES string of the molecule is CSCCC(NC(=O)C(C)N)C(=O)NC(Cc1ccccc1)C(=O)O. The van der Waals surface area contributed by atoms with Crippen LogP contribution in [-0.4, -0.2) is 53.0 Å². The van der Waals surface area contributed by atoms with Gasteiger partial charge in [0.05, 0.1) is 6.04 Å². The highest BCUT2D eigenvalue weighted by molar-refractivity contribution is 7.98. The lowest BCUT2D eigenvalue weighted by Crippen LogP contribution is -2.54. The van der Waals surface area contributed by atoms with Gasteiger partial charge in [-0.1, -0.05) is 30.3 Å². The molecule has 138 valence electrons. The molecule has 1 rings (SSSR count). The summed E-state index contributed by atoms with van der Waals surface area (Å²) >= 11 is 1.53. The standard InChI is InChI=1S/C17H25N3O4S/c1-11(18)15(21)19-13(8-9-25-2)16(22)20-14(17(23)24)10-12-6-4-3-5-7-12/h3-7,11,13-14H,8-10,18H2,1-2H3,(H,19,21)(H,20,22)(H,23,24). The topological polar surface area (TPSA) is 122 Å². The van der Waals surface area contributed by atoms with E-state index in [4.69, 9.17) is 5.73 Å². The van der Waals surface area contributed by atoms with Crippen molar-refractivity contribution in [1.82, 2.24) is 10.6 Å².